The SMILES string of the molecule is [2H]C([2H])([2H])OC(=O)[C@@H]1CC2=CC(=O)CC[C@]2(C)C23OC2C[C@@]2(C)[C@@H](CC[C@@]2(O)CCC(=O)O)[C@H]13. The van der Waals surface area contributed by atoms with Crippen molar-refractivity contribution in [1.82, 2.24) is 0 Å². The van der Waals surface area contributed by atoms with Crippen LogP contribution in [0.15, 0.2) is 11.6 Å². The van der Waals surface area contributed by atoms with E-state index in [1.165, 1.54) is 0 Å². The first-order chi connectivity index (χ1) is 15.7. The maximum absolute atomic E-state index is 13.3. The van der Waals surface area contributed by atoms with E-state index in [9.17, 15) is 24.6 Å². The number of epoxide rings is 1. The molecular formula is C24H32O7. The summed E-state index contributed by atoms with van der Waals surface area (Å²) in [5.74, 6) is -3.19. The highest BCUT2D eigenvalue weighted by Crippen LogP contribution is 2.77. The van der Waals surface area contributed by atoms with Crippen LogP contribution in [0.25, 0.3) is 0 Å². The molecule has 0 amide bonds. The number of ether oxygens (including phenoxy) is 2. The first kappa shape index (κ1) is 17.8. The summed E-state index contributed by atoms with van der Waals surface area (Å²) in [6, 6.07) is 0. The van der Waals surface area contributed by atoms with Gasteiger partial charge < -0.3 is 19.7 Å². The van der Waals surface area contributed by atoms with Crippen molar-refractivity contribution in [1.29, 1.82) is 0 Å². The van der Waals surface area contributed by atoms with E-state index < -0.39 is 46.9 Å². The molecule has 1 aliphatic heterocycles. The molecule has 8 atom stereocenters. The third kappa shape index (κ3) is 2.50. The number of ketones is 1. The highest BCUT2D eigenvalue weighted by atomic mass is 16.6. The third-order valence-electron chi connectivity index (χ3n) is 9.85. The Morgan fingerprint density at radius 1 is 1.35 bits per heavy atom. The number of carbonyl (C=O) groups is 3. The Hall–Kier alpha value is -1.73. The maximum Gasteiger partial charge on any atom is 0.309 e. The molecule has 4 aliphatic carbocycles. The number of carboxylic acids is 1. The van der Waals surface area contributed by atoms with Gasteiger partial charge in [-0.3, -0.25) is 14.4 Å². The molecule has 3 saturated carbocycles. The second kappa shape index (κ2) is 6.41. The lowest BCUT2D eigenvalue weighted by Crippen LogP contribution is -2.63. The normalized spacial score (nSPS) is 51.6. The molecule has 0 aromatic rings. The van der Waals surface area contributed by atoms with Crippen LogP contribution in [-0.4, -0.2) is 52.3 Å². The molecule has 2 N–H and O–H groups in total. The fourth-order valence-electron chi connectivity index (χ4n) is 8.15. The molecule has 2 unspecified atom stereocenters. The van der Waals surface area contributed by atoms with Crippen LogP contribution in [-0.2, 0) is 23.9 Å². The summed E-state index contributed by atoms with van der Waals surface area (Å²) in [5, 5.41) is 20.9. The van der Waals surface area contributed by atoms with Gasteiger partial charge in [0.1, 0.15) is 5.60 Å². The van der Waals surface area contributed by atoms with Crippen molar-refractivity contribution in [2.45, 2.75) is 82.5 Å². The summed E-state index contributed by atoms with van der Waals surface area (Å²) < 4.78 is 33.8. The van der Waals surface area contributed by atoms with Crippen molar-refractivity contribution in [3.8, 4) is 0 Å². The van der Waals surface area contributed by atoms with Gasteiger partial charge in [-0.1, -0.05) is 19.4 Å². The molecule has 1 spiro atoms. The molecule has 0 bridgehead atoms. The summed E-state index contributed by atoms with van der Waals surface area (Å²) in [4.78, 5) is 36.8. The van der Waals surface area contributed by atoms with Crippen LogP contribution in [0, 0.1) is 28.6 Å². The number of carbonyl (C=O) groups excluding carboxylic acids is 2. The second-order valence-corrected chi connectivity index (χ2v) is 10.8. The minimum absolute atomic E-state index is 0.00739. The van der Waals surface area contributed by atoms with Crippen molar-refractivity contribution in [2.75, 3.05) is 7.04 Å². The zero-order valence-electron chi connectivity index (χ0n) is 21.0. The summed E-state index contributed by atoms with van der Waals surface area (Å²) in [5.41, 5.74) is -2.27. The Morgan fingerprint density at radius 3 is 2.84 bits per heavy atom. The first-order valence-corrected chi connectivity index (χ1v) is 11.3. The van der Waals surface area contributed by atoms with E-state index in [4.69, 9.17) is 13.6 Å². The summed E-state index contributed by atoms with van der Waals surface area (Å²) in [7, 11) is -2.89. The summed E-state index contributed by atoms with van der Waals surface area (Å²) in [6.07, 6.45) is 4.04. The lowest BCUT2D eigenvalue weighted by atomic mass is 9.43. The number of esters is 1. The lowest BCUT2D eigenvalue weighted by molar-refractivity contribution is -0.163. The molecule has 0 aromatic heterocycles. The average Bonchev–Trinajstić information content (AvgIpc) is 3.37. The molecule has 5 aliphatic rings. The van der Waals surface area contributed by atoms with Crippen molar-refractivity contribution < 1.29 is 38.2 Å². The van der Waals surface area contributed by atoms with Gasteiger partial charge in [-0.2, -0.15) is 0 Å². The summed E-state index contributed by atoms with van der Waals surface area (Å²) in [6.45, 7) is 4.04. The van der Waals surface area contributed by atoms with Crippen LogP contribution in [0.5, 0.6) is 0 Å². The Bertz CT molecular complexity index is 992. The number of hydrogen-bond acceptors (Lipinski definition) is 6. The third-order valence-corrected chi connectivity index (χ3v) is 9.85. The van der Waals surface area contributed by atoms with E-state index in [-0.39, 0.29) is 43.0 Å². The van der Waals surface area contributed by atoms with Crippen LogP contribution in [0.1, 0.15) is 69.3 Å². The Labute approximate surface area is 186 Å². The number of carboxylic acid groups (broad SMARTS) is 1. The first-order valence-electron chi connectivity index (χ1n) is 12.8. The number of aliphatic carboxylic acids is 1. The number of methoxy groups -OCH3 is 1. The number of fused-ring (bicyclic) bond motifs is 3. The zero-order valence-corrected chi connectivity index (χ0v) is 18.0. The molecule has 7 heteroatoms. The van der Waals surface area contributed by atoms with Crippen molar-refractivity contribution in [2.24, 2.45) is 28.6 Å². The second-order valence-electron chi connectivity index (χ2n) is 10.8. The fraction of sp³-hybridized carbons (Fsp3) is 0.792. The van der Waals surface area contributed by atoms with Crippen LogP contribution in [0.2, 0.25) is 0 Å². The molecule has 0 radical (unpaired) electrons. The van der Waals surface area contributed by atoms with Gasteiger partial charge in [-0.25, -0.2) is 0 Å². The smallest absolute Gasteiger partial charge is 0.309 e. The quantitative estimate of drug-likeness (QED) is 0.515. The highest BCUT2D eigenvalue weighted by Gasteiger charge is 2.82. The topological polar surface area (TPSA) is 113 Å². The van der Waals surface area contributed by atoms with E-state index in [1.54, 1.807) is 6.08 Å². The Kier molecular flexibility index (Phi) is 3.68. The zero-order chi connectivity index (χ0) is 24.9. The molecule has 7 nitrogen and oxygen atoms in total. The molecule has 5 rings (SSSR count). The van der Waals surface area contributed by atoms with E-state index in [1.807, 2.05) is 6.92 Å². The molecule has 1 saturated heterocycles. The van der Waals surface area contributed by atoms with E-state index in [2.05, 4.69) is 6.92 Å². The standard InChI is InChI=1S/C24H32O7/c1-21-7-4-14(25)10-13(21)11-15(20(28)30-3)19-16-5-8-23(29,9-6-18(26)27)22(16,2)12-17-24(19,21)31-17/h10,15-17,19,29H,4-9,11-12H2,1-3H3,(H,26,27)/t15-,16+,17?,19+,21+,22+,23-,24?/m1/s1/i3D3. The Balaban J connectivity index is 1.59. The van der Waals surface area contributed by atoms with Gasteiger partial charge in [0.15, 0.2) is 5.78 Å². The van der Waals surface area contributed by atoms with E-state index in [0.717, 1.165) is 5.57 Å². The van der Waals surface area contributed by atoms with Gasteiger partial charge in [0.05, 0.1) is 28.8 Å². The lowest BCUT2D eigenvalue weighted by Gasteiger charge is -2.58. The predicted octanol–water partition coefficient (Wildman–Crippen LogP) is 2.64. The Morgan fingerprint density at radius 2 is 2.13 bits per heavy atom. The summed E-state index contributed by atoms with van der Waals surface area (Å²) >= 11 is 0. The minimum atomic E-state index is -2.89. The minimum Gasteiger partial charge on any atom is -0.481 e. The van der Waals surface area contributed by atoms with Crippen LogP contribution < -0.4 is 0 Å². The largest absolute Gasteiger partial charge is 0.481 e. The predicted molar refractivity (Wildman–Crippen MR) is 109 cm³/mol. The number of aliphatic hydroxyl groups is 1. The number of hydrogen-bond donors (Lipinski definition) is 2. The monoisotopic (exact) mass is 435 g/mol. The molecule has 0 aromatic carbocycles. The molecule has 170 valence electrons. The number of rotatable bonds is 4. The van der Waals surface area contributed by atoms with E-state index >= 15 is 0 Å². The molecule has 1 heterocycles. The van der Waals surface area contributed by atoms with Gasteiger partial charge >= 0.3 is 11.9 Å². The van der Waals surface area contributed by atoms with Gasteiger partial charge in [0, 0.05) is 29.6 Å². The average molecular weight is 436 g/mol. The fourth-order valence-corrected chi connectivity index (χ4v) is 8.15. The van der Waals surface area contributed by atoms with E-state index in [0.29, 0.717) is 32.1 Å². The van der Waals surface area contributed by atoms with Gasteiger partial charge in [-0.05, 0) is 50.5 Å². The highest BCUT2D eigenvalue weighted by molar-refractivity contribution is 5.92. The van der Waals surface area contributed by atoms with Gasteiger partial charge in [-0.15, -0.1) is 0 Å². The molecular weight excluding hydrogens is 400 g/mol. The molecule has 31 heavy (non-hydrogen) atoms. The maximum atomic E-state index is 13.3. The van der Waals surface area contributed by atoms with Crippen molar-refractivity contribution in [3.63, 3.8) is 0 Å². The van der Waals surface area contributed by atoms with Crippen molar-refractivity contribution >= 4 is 17.7 Å². The van der Waals surface area contributed by atoms with Gasteiger partial charge in [0.2, 0.25) is 0 Å². The van der Waals surface area contributed by atoms with Gasteiger partial charge in [0.25, 0.3) is 0 Å². The van der Waals surface area contributed by atoms with Crippen LogP contribution >= 0.6 is 0 Å². The van der Waals surface area contributed by atoms with Crippen LogP contribution in [0.4, 0.5) is 0 Å². The van der Waals surface area contributed by atoms with Crippen molar-refractivity contribution in [3.05, 3.63) is 11.6 Å². The van der Waals surface area contributed by atoms with Crippen LogP contribution in [0.3, 0.4) is 0 Å². The molecule has 4 fully saturated rings.